The number of benzene rings is 2. The van der Waals surface area contributed by atoms with Crippen molar-refractivity contribution in [3.63, 3.8) is 0 Å². The lowest BCUT2D eigenvalue weighted by Crippen LogP contribution is -2.41. The Morgan fingerprint density at radius 1 is 1.14 bits per heavy atom. The maximum Gasteiger partial charge on any atom is 0.344 e. The first-order chi connectivity index (χ1) is 17.4. The lowest BCUT2D eigenvalue weighted by Gasteiger charge is -2.23. The zero-order chi connectivity index (χ0) is 27.7. The average Bonchev–Trinajstić information content (AvgIpc) is 3.34. The second-order valence-electron chi connectivity index (χ2n) is 8.54. The fraction of sp³-hybridized carbons (Fsp3) is 0.423. The van der Waals surface area contributed by atoms with E-state index < -0.39 is 40.9 Å². The molecule has 1 fully saturated rings. The van der Waals surface area contributed by atoms with Crippen molar-refractivity contribution in [2.75, 3.05) is 12.3 Å². The van der Waals surface area contributed by atoms with Gasteiger partial charge in [0.15, 0.2) is 23.5 Å². The number of carbonyl (C=O) groups is 3. The summed E-state index contributed by atoms with van der Waals surface area (Å²) in [7, 11) is 0. The fourth-order valence-electron chi connectivity index (χ4n) is 3.54. The van der Waals surface area contributed by atoms with Crippen LogP contribution in [0.4, 0.5) is 13.2 Å². The van der Waals surface area contributed by atoms with Gasteiger partial charge in [-0.2, -0.15) is 0 Å². The van der Waals surface area contributed by atoms with Gasteiger partial charge in [-0.25, -0.2) is 18.0 Å². The largest absolute Gasteiger partial charge is 0.479 e. The average molecular weight is 541 g/mol. The number of thioether (sulfide) groups is 1. The summed E-state index contributed by atoms with van der Waals surface area (Å²) < 4.78 is 44.8. The predicted molar refractivity (Wildman–Crippen MR) is 135 cm³/mol. The Bertz CT molecular complexity index is 1100. The van der Waals surface area contributed by atoms with Crippen molar-refractivity contribution < 1.29 is 37.4 Å². The molecule has 3 atom stereocenters. The van der Waals surface area contributed by atoms with Crippen molar-refractivity contribution in [2.24, 2.45) is 5.73 Å². The van der Waals surface area contributed by atoms with Gasteiger partial charge < -0.3 is 20.5 Å². The third kappa shape index (κ3) is 9.08. The predicted octanol–water partition coefficient (Wildman–Crippen LogP) is 3.96. The molecule has 0 bridgehead atoms. The highest BCUT2D eigenvalue weighted by atomic mass is 32.2. The molecule has 1 aliphatic rings. The molecular weight excluding hydrogens is 509 g/mol. The third-order valence-corrected chi connectivity index (χ3v) is 6.88. The summed E-state index contributed by atoms with van der Waals surface area (Å²) in [5, 5.41) is 8.11. The van der Waals surface area contributed by atoms with E-state index in [0.29, 0.717) is 24.1 Å². The van der Waals surface area contributed by atoms with Crippen LogP contribution >= 0.6 is 11.8 Å². The highest BCUT2D eigenvalue weighted by Crippen LogP contribution is 2.25. The zero-order valence-corrected chi connectivity index (χ0v) is 21.7. The lowest BCUT2D eigenvalue weighted by atomic mass is 10.0. The number of ketones is 1. The molecule has 1 saturated heterocycles. The number of aliphatic carboxylic acids is 1. The lowest BCUT2D eigenvalue weighted by molar-refractivity contribution is -0.144. The topological polar surface area (TPSA) is 110 Å². The highest BCUT2D eigenvalue weighted by Gasteiger charge is 2.33. The van der Waals surface area contributed by atoms with Gasteiger partial charge in [0.05, 0.1) is 0 Å². The number of Topliss-reactive ketones (excluding diaryl/α,β-unsaturated/α-hetero) is 1. The molecule has 2 aromatic rings. The van der Waals surface area contributed by atoms with E-state index in [0.717, 1.165) is 12.5 Å². The summed E-state index contributed by atoms with van der Waals surface area (Å²) in [5.41, 5.74) is 6.96. The normalized spacial score (nSPS) is 16.4. The van der Waals surface area contributed by atoms with Crippen LogP contribution in [0.1, 0.15) is 38.3 Å². The molecule has 0 aromatic heterocycles. The molecule has 3 unspecified atom stereocenters. The molecule has 1 amide bonds. The molecule has 1 heterocycles. The van der Waals surface area contributed by atoms with Crippen LogP contribution in [0.25, 0.3) is 0 Å². The van der Waals surface area contributed by atoms with Gasteiger partial charge in [-0.1, -0.05) is 19.1 Å². The first-order valence-electron chi connectivity index (χ1n) is 11.7. The van der Waals surface area contributed by atoms with Crippen LogP contribution in [0, 0.1) is 17.5 Å². The second kappa shape index (κ2) is 14.0. The summed E-state index contributed by atoms with van der Waals surface area (Å²) in [6, 6.07) is 7.91. The number of aryl methyl sites for hydroxylation is 1. The van der Waals surface area contributed by atoms with E-state index in [4.69, 9.17) is 15.6 Å². The summed E-state index contributed by atoms with van der Waals surface area (Å²) in [4.78, 5) is 35.7. The molecule has 7 nitrogen and oxygen atoms in total. The molecule has 0 aliphatic carbocycles. The van der Waals surface area contributed by atoms with Crippen molar-refractivity contribution in [3.8, 4) is 5.75 Å². The van der Waals surface area contributed by atoms with Crippen LogP contribution < -0.4 is 10.5 Å². The molecule has 3 rings (SSSR count). The van der Waals surface area contributed by atoms with Crippen molar-refractivity contribution in [1.82, 2.24) is 4.90 Å². The number of ether oxygens (including phenoxy) is 1. The number of carboxylic acids is 1. The SMILES string of the molecule is CC(=O)C1SCCN1C(=O)CC(N)Cc1cc(F)c(F)cc1F.CCc1ccc(OC(C)C(=O)O)cc1. The van der Waals surface area contributed by atoms with E-state index in [1.54, 1.807) is 12.1 Å². The van der Waals surface area contributed by atoms with E-state index in [-0.39, 0.29) is 30.1 Å². The van der Waals surface area contributed by atoms with E-state index in [1.807, 2.05) is 12.1 Å². The van der Waals surface area contributed by atoms with E-state index >= 15 is 0 Å². The Balaban J connectivity index is 0.000000294. The van der Waals surface area contributed by atoms with Gasteiger partial charge >= 0.3 is 5.97 Å². The number of amides is 1. The number of hydrogen-bond donors (Lipinski definition) is 2. The highest BCUT2D eigenvalue weighted by molar-refractivity contribution is 8.00. The van der Waals surface area contributed by atoms with Crippen LogP contribution in [0.3, 0.4) is 0 Å². The van der Waals surface area contributed by atoms with Crippen molar-refractivity contribution in [3.05, 3.63) is 65.0 Å². The summed E-state index contributed by atoms with van der Waals surface area (Å²) >= 11 is 1.39. The minimum atomic E-state index is -1.27. The van der Waals surface area contributed by atoms with E-state index in [2.05, 4.69) is 6.92 Å². The minimum absolute atomic E-state index is 0.0804. The van der Waals surface area contributed by atoms with Gasteiger partial charge in [-0.05, 0) is 56.0 Å². The molecule has 37 heavy (non-hydrogen) atoms. The Kier molecular flexibility index (Phi) is 11.4. The van der Waals surface area contributed by atoms with Crippen molar-refractivity contribution in [2.45, 2.75) is 57.6 Å². The maximum atomic E-state index is 13.6. The van der Waals surface area contributed by atoms with Crippen LogP contribution in [0.2, 0.25) is 0 Å². The Hall–Kier alpha value is -3.05. The monoisotopic (exact) mass is 540 g/mol. The number of nitrogens with zero attached hydrogens (tertiary/aromatic N) is 1. The van der Waals surface area contributed by atoms with Crippen molar-refractivity contribution in [1.29, 1.82) is 0 Å². The number of hydrogen-bond acceptors (Lipinski definition) is 6. The molecule has 0 spiro atoms. The Labute approximate surface area is 218 Å². The molecule has 0 saturated carbocycles. The third-order valence-electron chi connectivity index (χ3n) is 5.56. The van der Waals surface area contributed by atoms with E-state index in [1.165, 1.54) is 36.1 Å². The minimum Gasteiger partial charge on any atom is -0.479 e. The Morgan fingerprint density at radius 2 is 1.76 bits per heavy atom. The number of halogens is 3. The molecule has 3 N–H and O–H groups in total. The molecule has 2 aromatic carbocycles. The number of nitrogens with two attached hydrogens (primary N) is 1. The summed E-state index contributed by atoms with van der Waals surface area (Å²) in [5.74, 6) is -3.43. The van der Waals surface area contributed by atoms with Gasteiger partial charge in [0.2, 0.25) is 5.91 Å². The van der Waals surface area contributed by atoms with Gasteiger partial charge in [0, 0.05) is 30.8 Å². The summed E-state index contributed by atoms with van der Waals surface area (Å²) in [6.07, 6.45) is -0.0274. The first kappa shape index (κ1) is 30.2. The maximum absolute atomic E-state index is 13.6. The number of carboxylic acid groups (broad SMARTS) is 1. The van der Waals surface area contributed by atoms with Crippen LogP contribution in [0.15, 0.2) is 36.4 Å². The zero-order valence-electron chi connectivity index (χ0n) is 20.9. The molecule has 202 valence electrons. The molecule has 0 radical (unpaired) electrons. The van der Waals surface area contributed by atoms with Crippen LogP contribution in [-0.4, -0.2) is 57.5 Å². The van der Waals surface area contributed by atoms with Gasteiger partial charge in [0.25, 0.3) is 0 Å². The van der Waals surface area contributed by atoms with Crippen molar-refractivity contribution >= 4 is 29.4 Å². The second-order valence-corrected chi connectivity index (χ2v) is 9.73. The molecule has 11 heteroatoms. The first-order valence-corrected chi connectivity index (χ1v) is 12.8. The fourth-order valence-corrected chi connectivity index (χ4v) is 4.70. The number of carbonyl (C=O) groups excluding carboxylic acids is 2. The van der Waals surface area contributed by atoms with E-state index in [9.17, 15) is 27.6 Å². The molecule has 1 aliphatic heterocycles. The van der Waals surface area contributed by atoms with Gasteiger partial charge in [-0.15, -0.1) is 11.8 Å². The van der Waals surface area contributed by atoms with Crippen LogP contribution in [0.5, 0.6) is 5.75 Å². The molecular formula is C26H31F3N2O5S. The van der Waals surface area contributed by atoms with Crippen LogP contribution in [-0.2, 0) is 27.2 Å². The standard InChI is InChI=1S/C15H17F3N2O2S.C11H14O3/c1-8(21)15-20(2-3-23-15)14(22)6-10(19)4-9-5-12(17)13(18)7-11(9)16;1-3-9-4-6-10(7-5-9)14-8(2)11(12)13/h5,7,10,15H,2-4,6,19H2,1H3;4-8H,3H2,1-2H3,(H,12,13). The quantitative estimate of drug-likeness (QED) is 0.464. The van der Waals surface area contributed by atoms with Gasteiger partial charge in [-0.3, -0.25) is 9.59 Å². The smallest absolute Gasteiger partial charge is 0.344 e. The number of rotatable bonds is 9. The van der Waals surface area contributed by atoms with Gasteiger partial charge in [0.1, 0.15) is 16.9 Å². The Morgan fingerprint density at radius 3 is 2.32 bits per heavy atom. The summed E-state index contributed by atoms with van der Waals surface area (Å²) in [6.45, 7) is 5.45.